The van der Waals surface area contributed by atoms with Crippen molar-refractivity contribution in [2.45, 2.75) is 0 Å². The minimum atomic E-state index is 0.494. The molecule has 9 aromatic heterocycles. The Balaban J connectivity index is 0.773. The Labute approximate surface area is 624 Å². The third-order valence-corrected chi connectivity index (χ3v) is 23.2. The van der Waals surface area contributed by atoms with Gasteiger partial charge in [0, 0.05) is 97.3 Å². The molecule has 0 unspecified atom stereocenters. The summed E-state index contributed by atoms with van der Waals surface area (Å²) in [5, 5.41) is 17.4. The molecule has 0 aliphatic rings. The van der Waals surface area contributed by atoms with Crippen LogP contribution in [0, 0.1) is 0 Å². The Morgan fingerprint density at radius 3 is 0.945 bits per heavy atom. The predicted molar refractivity (Wildman–Crippen MR) is 450 cm³/mol. The molecule has 110 heavy (non-hydrogen) atoms. The van der Waals surface area contributed by atoms with E-state index in [1.54, 1.807) is 0 Å². The number of rotatable bonds is 8. The molecule has 0 aliphatic carbocycles. The number of nitrogens with zero attached hydrogens (tertiary/aromatic N) is 6. The molecular weight excluding hydrogens is 1350 g/mol. The van der Waals surface area contributed by atoms with Crippen LogP contribution in [0.4, 0.5) is 0 Å². The lowest BCUT2D eigenvalue weighted by atomic mass is 10.0. The molecule has 0 N–H and O–H groups in total. The first kappa shape index (κ1) is 59.3. The number of furan rings is 4. The minimum absolute atomic E-state index is 0.494. The van der Waals surface area contributed by atoms with Crippen molar-refractivity contribution in [1.82, 2.24) is 28.2 Å². The summed E-state index contributed by atoms with van der Waals surface area (Å²) in [6, 6.07) is 122. The van der Waals surface area contributed by atoms with Gasteiger partial charge in [-0.1, -0.05) is 206 Å². The zero-order valence-electron chi connectivity index (χ0n) is 58.6. The van der Waals surface area contributed by atoms with Crippen LogP contribution in [0.5, 0.6) is 0 Å². The summed E-state index contributed by atoms with van der Waals surface area (Å²) in [5.41, 5.74) is 25.4. The first-order valence-electron chi connectivity index (χ1n) is 37.2. The molecule has 0 atom stereocenters. The van der Waals surface area contributed by atoms with Crippen molar-refractivity contribution in [3.05, 3.63) is 340 Å². The van der Waals surface area contributed by atoms with Crippen LogP contribution in [0.2, 0.25) is 0 Å². The molecule has 0 amide bonds. The summed E-state index contributed by atoms with van der Waals surface area (Å²) in [6.45, 7) is 0. The highest BCUT2D eigenvalue weighted by atomic mass is 16.3. The molecule has 0 fully saturated rings. The minimum Gasteiger partial charge on any atom is -0.456 e. The Hall–Kier alpha value is -15.0. The molecule has 25 aromatic rings. The van der Waals surface area contributed by atoms with Crippen LogP contribution in [0.15, 0.2) is 357 Å². The van der Waals surface area contributed by atoms with E-state index in [-0.39, 0.29) is 0 Å². The number of fused-ring (bicyclic) bond motifs is 25. The van der Waals surface area contributed by atoms with Crippen molar-refractivity contribution < 1.29 is 17.7 Å². The fourth-order valence-electron chi connectivity index (χ4n) is 18.3. The van der Waals surface area contributed by atoms with Gasteiger partial charge in [-0.05, 0) is 156 Å². The van der Waals surface area contributed by atoms with Crippen LogP contribution >= 0.6 is 0 Å². The summed E-state index contributed by atoms with van der Waals surface area (Å²) in [7, 11) is 0. The molecule has 9 heterocycles. The van der Waals surface area contributed by atoms with Gasteiger partial charge in [-0.25, -0.2) is 9.97 Å². The Morgan fingerprint density at radius 1 is 0.191 bits per heavy atom. The van der Waals surface area contributed by atoms with E-state index < -0.39 is 0 Å². The van der Waals surface area contributed by atoms with Gasteiger partial charge in [0.05, 0.1) is 72.6 Å². The van der Waals surface area contributed by atoms with Crippen LogP contribution in [-0.2, 0) is 0 Å². The maximum atomic E-state index is 6.88. The van der Waals surface area contributed by atoms with E-state index in [0.717, 1.165) is 225 Å². The third kappa shape index (κ3) is 8.41. The van der Waals surface area contributed by atoms with E-state index in [1.165, 1.54) is 0 Å². The lowest BCUT2D eigenvalue weighted by Gasteiger charge is -2.18. The topological polar surface area (TPSA) is 98.1 Å². The number of aromatic nitrogens is 6. The van der Waals surface area contributed by atoms with Gasteiger partial charge in [-0.3, -0.25) is 4.57 Å². The largest absolute Gasteiger partial charge is 0.456 e. The van der Waals surface area contributed by atoms with E-state index in [2.05, 4.69) is 309 Å². The van der Waals surface area contributed by atoms with Gasteiger partial charge in [-0.2, -0.15) is 0 Å². The van der Waals surface area contributed by atoms with Crippen LogP contribution in [0.1, 0.15) is 0 Å². The second-order valence-electron chi connectivity index (χ2n) is 29.1. The van der Waals surface area contributed by atoms with Gasteiger partial charge in [0.1, 0.15) is 44.7 Å². The standard InChI is InChI=1S/C100H56N6O4/c1-11-33-86-64(19-1)72-43-44-73-65-20-2-12-34-87(65)106(100-101-82(76-29-17-27-74-68-23-5-15-37-92(68)109-98(74)76)56-83(102-100)77-30-18-28-75-69-24-6-16-38-93(69)110-99(75)77)97(73)96(72)105(86)63-54-61(103-84-31-9-3-21-66(84)78-49-57(39-45-88(78)103)59-41-47-94-80(51-59)70-25-7-13-35-90(70)107-94)53-62(55-63)104-85-32-10-4-22-67(85)79-50-58(40-46-89(79)104)60-42-48-95-81(52-60)71-26-8-14-36-91(71)108-95/h1-56H. The molecule has 0 aliphatic heterocycles. The van der Waals surface area contributed by atoms with Crippen molar-refractivity contribution in [3.63, 3.8) is 0 Å². The summed E-state index contributed by atoms with van der Waals surface area (Å²) in [4.78, 5) is 11.6. The number of benzene rings is 16. The lowest BCUT2D eigenvalue weighted by Crippen LogP contribution is -2.06. The highest BCUT2D eigenvalue weighted by molar-refractivity contribution is 6.25. The molecule has 0 bridgehead atoms. The molecular formula is C100H56N6O4. The van der Waals surface area contributed by atoms with Crippen molar-refractivity contribution >= 4 is 175 Å². The van der Waals surface area contributed by atoms with Crippen LogP contribution in [-0.4, -0.2) is 28.2 Å². The van der Waals surface area contributed by atoms with Gasteiger partial charge < -0.3 is 31.4 Å². The van der Waals surface area contributed by atoms with Gasteiger partial charge in [0.25, 0.3) is 0 Å². The van der Waals surface area contributed by atoms with Gasteiger partial charge >= 0.3 is 0 Å². The van der Waals surface area contributed by atoms with Gasteiger partial charge in [0.15, 0.2) is 0 Å². The Bertz CT molecular complexity index is 7950. The molecule has 10 heteroatoms. The third-order valence-electron chi connectivity index (χ3n) is 23.2. The fraction of sp³-hybridized carbons (Fsp3) is 0. The van der Waals surface area contributed by atoms with Gasteiger partial charge in [0.2, 0.25) is 5.95 Å². The number of para-hydroxylation sites is 10. The monoisotopic (exact) mass is 1400 g/mol. The highest BCUT2D eigenvalue weighted by Gasteiger charge is 2.28. The number of hydrogen-bond acceptors (Lipinski definition) is 6. The van der Waals surface area contributed by atoms with E-state index in [4.69, 9.17) is 27.6 Å². The normalized spacial score (nSPS) is 12.4. The zero-order valence-corrected chi connectivity index (χ0v) is 58.6. The number of hydrogen-bond donors (Lipinski definition) is 0. The van der Waals surface area contributed by atoms with Crippen molar-refractivity contribution in [1.29, 1.82) is 0 Å². The molecule has 0 spiro atoms. The van der Waals surface area contributed by atoms with E-state index in [0.29, 0.717) is 17.3 Å². The van der Waals surface area contributed by atoms with Crippen LogP contribution < -0.4 is 0 Å². The second kappa shape index (κ2) is 22.3. The summed E-state index contributed by atoms with van der Waals surface area (Å²) in [6.07, 6.45) is 0. The molecule has 10 nitrogen and oxygen atoms in total. The SMILES string of the molecule is c1ccc2c(c1)oc1ccc(-c3ccc4c(c3)c3ccccc3n4-c3cc(-n4c5ccccc5c5cc(-c6ccc7oc8ccccc8c7c6)ccc54)cc(-n4c5ccccc5c5ccc6c7ccccc7n(-c7nc(-c8cccc9c8oc8ccccc89)cc(-c8cccc9c8oc8ccccc89)n7)c6c54)c3)cc12. The Kier molecular flexibility index (Phi) is 12.0. The Morgan fingerprint density at radius 2 is 0.500 bits per heavy atom. The first-order chi connectivity index (χ1) is 54.5. The second-order valence-corrected chi connectivity index (χ2v) is 29.1. The average Bonchev–Trinajstić information content (AvgIpc) is 1.53. The predicted octanol–water partition coefficient (Wildman–Crippen LogP) is 27.1. The highest BCUT2D eigenvalue weighted by Crippen LogP contribution is 2.48. The molecule has 25 rings (SSSR count). The van der Waals surface area contributed by atoms with Crippen LogP contribution in [0.3, 0.4) is 0 Å². The van der Waals surface area contributed by atoms with Crippen molar-refractivity contribution in [2.75, 3.05) is 0 Å². The maximum Gasteiger partial charge on any atom is 0.235 e. The summed E-state index contributed by atoms with van der Waals surface area (Å²) in [5.74, 6) is 0.494. The quantitative estimate of drug-likeness (QED) is 0.150. The van der Waals surface area contributed by atoms with E-state index in [9.17, 15) is 0 Å². The van der Waals surface area contributed by atoms with Crippen molar-refractivity contribution in [3.8, 4) is 67.8 Å². The zero-order chi connectivity index (χ0) is 71.6. The summed E-state index contributed by atoms with van der Waals surface area (Å²) >= 11 is 0. The first-order valence-corrected chi connectivity index (χ1v) is 37.2. The molecule has 0 saturated heterocycles. The van der Waals surface area contributed by atoms with Gasteiger partial charge in [-0.15, -0.1) is 0 Å². The van der Waals surface area contributed by atoms with E-state index >= 15 is 0 Å². The fourth-order valence-corrected chi connectivity index (χ4v) is 18.3. The van der Waals surface area contributed by atoms with E-state index in [1.807, 2.05) is 48.5 Å². The van der Waals surface area contributed by atoms with Crippen molar-refractivity contribution in [2.24, 2.45) is 0 Å². The molecule has 510 valence electrons. The smallest absolute Gasteiger partial charge is 0.235 e. The molecule has 0 radical (unpaired) electrons. The lowest BCUT2D eigenvalue weighted by molar-refractivity contribution is 0.668. The summed E-state index contributed by atoms with van der Waals surface area (Å²) < 4.78 is 36.2. The average molecular weight is 1410 g/mol. The van der Waals surface area contributed by atoms with Crippen LogP contribution in [0.25, 0.3) is 243 Å². The molecule has 0 saturated carbocycles. The maximum absolute atomic E-state index is 6.88. The molecule has 16 aromatic carbocycles.